The van der Waals surface area contributed by atoms with Crippen molar-refractivity contribution in [1.82, 2.24) is 4.57 Å². The van der Waals surface area contributed by atoms with Gasteiger partial charge in [-0.05, 0) is 30.2 Å². The highest BCUT2D eigenvalue weighted by Crippen LogP contribution is 2.30. The van der Waals surface area contributed by atoms with Gasteiger partial charge < -0.3 is 4.57 Å². The molecule has 1 aromatic heterocycles. The Morgan fingerprint density at radius 1 is 0.885 bits per heavy atom. The van der Waals surface area contributed by atoms with Gasteiger partial charge in [-0.2, -0.15) is 0 Å². The highest BCUT2D eigenvalue weighted by molar-refractivity contribution is 6.21. The molecule has 0 unspecified atom stereocenters. The second kappa shape index (κ2) is 6.80. The Bertz CT molecular complexity index is 1080. The molecule has 0 aliphatic carbocycles. The van der Waals surface area contributed by atoms with E-state index in [1.54, 1.807) is 0 Å². The van der Waals surface area contributed by atoms with Crippen molar-refractivity contribution in [2.75, 3.05) is 0 Å². The Balaban J connectivity index is 1.90. The van der Waals surface area contributed by atoms with Crippen molar-refractivity contribution in [2.24, 2.45) is 0 Å². The second-order valence-corrected chi connectivity index (χ2v) is 6.96. The topological polar surface area (TPSA) is 22.0 Å². The molecule has 26 heavy (non-hydrogen) atoms. The van der Waals surface area contributed by atoms with Gasteiger partial charge in [0.1, 0.15) is 0 Å². The van der Waals surface area contributed by atoms with Crippen LogP contribution in [0.1, 0.15) is 48.7 Å². The van der Waals surface area contributed by atoms with Crippen molar-refractivity contribution in [3.63, 3.8) is 0 Å². The van der Waals surface area contributed by atoms with Crippen molar-refractivity contribution in [3.8, 4) is 0 Å². The van der Waals surface area contributed by atoms with Gasteiger partial charge in [0.2, 0.25) is 0 Å². The van der Waals surface area contributed by atoms with E-state index in [0.717, 1.165) is 45.6 Å². The van der Waals surface area contributed by atoms with E-state index >= 15 is 0 Å². The highest BCUT2D eigenvalue weighted by atomic mass is 16.1. The molecule has 4 rings (SSSR count). The van der Waals surface area contributed by atoms with Crippen LogP contribution in [0.5, 0.6) is 0 Å². The van der Waals surface area contributed by atoms with Gasteiger partial charge in [0.05, 0.1) is 0 Å². The summed E-state index contributed by atoms with van der Waals surface area (Å²) in [5.41, 5.74) is 2.70. The summed E-state index contributed by atoms with van der Waals surface area (Å²) in [5.74, 6) is 0.0976. The molecule has 0 radical (unpaired) electrons. The minimum Gasteiger partial charge on any atom is -0.344 e. The average molecular weight is 341 g/mol. The summed E-state index contributed by atoms with van der Waals surface area (Å²) in [6, 6.07) is 22.6. The Morgan fingerprint density at radius 3 is 2.38 bits per heavy atom. The molecule has 130 valence electrons. The number of benzene rings is 3. The van der Waals surface area contributed by atoms with E-state index in [1.165, 1.54) is 0 Å². The number of ketones is 1. The summed E-state index contributed by atoms with van der Waals surface area (Å²) in [7, 11) is 0. The third-order valence-electron chi connectivity index (χ3n) is 5.20. The van der Waals surface area contributed by atoms with E-state index in [4.69, 9.17) is 0 Å². The van der Waals surface area contributed by atoms with E-state index in [-0.39, 0.29) is 5.78 Å². The van der Waals surface area contributed by atoms with E-state index in [1.807, 2.05) is 42.5 Å². The van der Waals surface area contributed by atoms with Gasteiger partial charge in [0.25, 0.3) is 0 Å². The quantitative estimate of drug-likeness (QED) is 0.386. The minimum atomic E-state index is 0.0976. The molecule has 0 saturated heterocycles. The van der Waals surface area contributed by atoms with E-state index in [0.29, 0.717) is 6.04 Å². The maximum atomic E-state index is 13.5. The van der Waals surface area contributed by atoms with Gasteiger partial charge in [-0.1, -0.05) is 74.0 Å². The molecule has 0 N–H and O–H groups in total. The number of aromatic nitrogens is 1. The lowest BCUT2D eigenvalue weighted by Crippen LogP contribution is -2.04. The molecule has 1 heterocycles. The van der Waals surface area contributed by atoms with Crippen molar-refractivity contribution in [1.29, 1.82) is 0 Å². The zero-order chi connectivity index (χ0) is 18.1. The second-order valence-electron chi connectivity index (χ2n) is 6.96. The number of nitrogens with zero attached hydrogens (tertiary/aromatic N) is 1. The average Bonchev–Trinajstić information content (AvgIpc) is 3.07. The Kier molecular flexibility index (Phi) is 4.34. The Morgan fingerprint density at radius 2 is 1.58 bits per heavy atom. The molecule has 0 amide bonds. The monoisotopic (exact) mass is 341 g/mol. The predicted molar refractivity (Wildman–Crippen MR) is 109 cm³/mol. The fraction of sp³-hybridized carbons (Fsp3) is 0.208. The number of carbonyl (C=O) groups is 1. The molecule has 2 nitrogen and oxygen atoms in total. The summed E-state index contributed by atoms with van der Waals surface area (Å²) in [6.07, 6.45) is 4.27. The van der Waals surface area contributed by atoms with Crippen LogP contribution in [0.3, 0.4) is 0 Å². The lowest BCUT2D eigenvalue weighted by atomic mass is 9.97. The number of para-hydroxylation sites is 1. The molecule has 1 atom stereocenters. The molecule has 2 heteroatoms. The Labute approximate surface area is 154 Å². The summed E-state index contributed by atoms with van der Waals surface area (Å²) in [4.78, 5) is 13.5. The van der Waals surface area contributed by atoms with Gasteiger partial charge in [-0.25, -0.2) is 0 Å². The SMILES string of the molecule is CCC[C@H](C)n1cc(C(=O)c2cccc3ccccc23)c2ccccc21. The van der Waals surface area contributed by atoms with E-state index in [9.17, 15) is 4.79 Å². The largest absolute Gasteiger partial charge is 0.344 e. The number of hydrogen-bond donors (Lipinski definition) is 0. The number of rotatable bonds is 5. The predicted octanol–water partition coefficient (Wildman–Crippen LogP) is 6.39. The summed E-state index contributed by atoms with van der Waals surface area (Å²) >= 11 is 0. The molecule has 0 aliphatic rings. The van der Waals surface area contributed by atoms with Crippen LogP contribution in [0, 0.1) is 0 Å². The van der Waals surface area contributed by atoms with Crippen molar-refractivity contribution >= 4 is 27.5 Å². The normalized spacial score (nSPS) is 12.5. The van der Waals surface area contributed by atoms with Gasteiger partial charge in [-0.15, -0.1) is 0 Å². The highest BCUT2D eigenvalue weighted by Gasteiger charge is 2.19. The van der Waals surface area contributed by atoms with Crippen LogP contribution in [-0.2, 0) is 0 Å². The fourth-order valence-corrected chi connectivity index (χ4v) is 3.88. The van der Waals surface area contributed by atoms with Crippen LogP contribution in [0.4, 0.5) is 0 Å². The van der Waals surface area contributed by atoms with Crippen LogP contribution >= 0.6 is 0 Å². The lowest BCUT2D eigenvalue weighted by molar-refractivity contribution is 0.104. The third-order valence-corrected chi connectivity index (χ3v) is 5.20. The van der Waals surface area contributed by atoms with Crippen molar-refractivity contribution in [3.05, 3.63) is 84.1 Å². The van der Waals surface area contributed by atoms with Crippen LogP contribution in [0.25, 0.3) is 21.7 Å². The first-order chi connectivity index (χ1) is 12.7. The summed E-state index contributed by atoms with van der Waals surface area (Å²) in [5, 5.41) is 3.15. The first-order valence-electron chi connectivity index (χ1n) is 9.32. The molecular weight excluding hydrogens is 318 g/mol. The lowest BCUT2D eigenvalue weighted by Gasteiger charge is -2.13. The van der Waals surface area contributed by atoms with E-state index < -0.39 is 0 Å². The molecule has 4 aromatic rings. The van der Waals surface area contributed by atoms with Gasteiger partial charge in [0.15, 0.2) is 5.78 Å². The van der Waals surface area contributed by atoms with Crippen LogP contribution in [0.2, 0.25) is 0 Å². The van der Waals surface area contributed by atoms with Gasteiger partial charge in [-0.3, -0.25) is 4.79 Å². The van der Waals surface area contributed by atoms with Crippen LogP contribution < -0.4 is 0 Å². The van der Waals surface area contributed by atoms with Gasteiger partial charge in [0, 0.05) is 34.3 Å². The third kappa shape index (κ3) is 2.72. The van der Waals surface area contributed by atoms with Crippen molar-refractivity contribution in [2.45, 2.75) is 32.7 Å². The molecule has 0 fully saturated rings. The summed E-state index contributed by atoms with van der Waals surface area (Å²) < 4.78 is 2.26. The number of fused-ring (bicyclic) bond motifs is 2. The molecule has 0 spiro atoms. The van der Waals surface area contributed by atoms with Gasteiger partial charge >= 0.3 is 0 Å². The fourth-order valence-electron chi connectivity index (χ4n) is 3.88. The number of hydrogen-bond acceptors (Lipinski definition) is 1. The smallest absolute Gasteiger partial charge is 0.195 e. The van der Waals surface area contributed by atoms with Crippen molar-refractivity contribution < 1.29 is 4.79 Å². The molecule has 0 saturated carbocycles. The van der Waals surface area contributed by atoms with Crippen LogP contribution in [-0.4, -0.2) is 10.4 Å². The minimum absolute atomic E-state index is 0.0976. The van der Waals surface area contributed by atoms with E-state index in [2.05, 4.69) is 48.9 Å². The first-order valence-corrected chi connectivity index (χ1v) is 9.32. The maximum Gasteiger partial charge on any atom is 0.195 e. The molecular formula is C24H23NO. The maximum absolute atomic E-state index is 13.5. The first kappa shape index (κ1) is 16.6. The zero-order valence-corrected chi connectivity index (χ0v) is 15.3. The molecule has 0 bridgehead atoms. The zero-order valence-electron chi connectivity index (χ0n) is 15.3. The molecule has 3 aromatic carbocycles. The van der Waals surface area contributed by atoms with Crippen LogP contribution in [0.15, 0.2) is 72.9 Å². The number of carbonyl (C=O) groups excluding carboxylic acids is 1. The summed E-state index contributed by atoms with van der Waals surface area (Å²) in [6.45, 7) is 4.42. The molecule has 0 aliphatic heterocycles. The standard InChI is InChI=1S/C24H23NO/c1-3-9-17(2)25-16-22(20-13-6-7-15-23(20)25)24(26)21-14-8-11-18-10-4-5-12-19(18)21/h4-8,10-17H,3,9H2,1-2H3/t17-/m0/s1. The Hall–Kier alpha value is -2.87.